The van der Waals surface area contributed by atoms with Gasteiger partial charge in [-0.25, -0.2) is 0 Å². The summed E-state index contributed by atoms with van der Waals surface area (Å²) in [6.45, 7) is 3.18. The fraction of sp³-hybridized carbons (Fsp3) is 0.917. The van der Waals surface area contributed by atoms with Crippen LogP contribution in [0, 0.1) is 11.8 Å². The van der Waals surface area contributed by atoms with Crippen molar-refractivity contribution in [1.82, 2.24) is 10.6 Å². The van der Waals surface area contributed by atoms with Crippen molar-refractivity contribution in [2.45, 2.75) is 38.5 Å². The zero-order valence-electron chi connectivity index (χ0n) is 9.43. The first kappa shape index (κ1) is 10.9. The Morgan fingerprint density at radius 1 is 1.27 bits per heavy atom. The summed E-state index contributed by atoms with van der Waals surface area (Å²) in [6.07, 6.45) is 7.05. The van der Waals surface area contributed by atoms with Crippen LogP contribution in [0.5, 0.6) is 0 Å². The molecular weight excluding hydrogens is 188 g/mol. The third-order valence-electron chi connectivity index (χ3n) is 3.44. The van der Waals surface area contributed by atoms with Gasteiger partial charge in [0, 0.05) is 13.0 Å². The van der Waals surface area contributed by atoms with Crippen LogP contribution in [0.2, 0.25) is 0 Å². The molecule has 3 nitrogen and oxygen atoms in total. The van der Waals surface area contributed by atoms with Crippen LogP contribution < -0.4 is 10.6 Å². The summed E-state index contributed by atoms with van der Waals surface area (Å²) in [5, 5.41) is 6.44. The molecule has 2 fully saturated rings. The van der Waals surface area contributed by atoms with Crippen LogP contribution in [0.25, 0.3) is 0 Å². The maximum Gasteiger partial charge on any atom is 0.220 e. The Morgan fingerprint density at radius 2 is 2.13 bits per heavy atom. The topological polar surface area (TPSA) is 41.1 Å². The molecule has 0 aromatic heterocycles. The van der Waals surface area contributed by atoms with E-state index in [1.807, 2.05) is 0 Å². The van der Waals surface area contributed by atoms with Crippen LogP contribution in [-0.4, -0.2) is 25.5 Å². The minimum Gasteiger partial charge on any atom is -0.356 e. The Balaban J connectivity index is 1.51. The summed E-state index contributed by atoms with van der Waals surface area (Å²) in [5.74, 6) is 1.75. The highest BCUT2D eigenvalue weighted by Gasteiger charge is 2.24. The van der Waals surface area contributed by atoms with E-state index in [9.17, 15) is 4.79 Å². The third kappa shape index (κ3) is 4.20. The largest absolute Gasteiger partial charge is 0.356 e. The maximum absolute atomic E-state index is 11.4. The van der Waals surface area contributed by atoms with Crippen molar-refractivity contribution >= 4 is 5.91 Å². The van der Waals surface area contributed by atoms with Gasteiger partial charge in [0.05, 0.1) is 0 Å². The van der Waals surface area contributed by atoms with E-state index in [2.05, 4.69) is 10.6 Å². The Kier molecular flexibility index (Phi) is 4.01. The van der Waals surface area contributed by atoms with Crippen molar-refractivity contribution < 1.29 is 4.79 Å². The van der Waals surface area contributed by atoms with E-state index < -0.39 is 0 Å². The highest BCUT2D eigenvalue weighted by molar-refractivity contribution is 5.76. The summed E-state index contributed by atoms with van der Waals surface area (Å²) in [5.41, 5.74) is 0. The van der Waals surface area contributed by atoms with Gasteiger partial charge in [0.1, 0.15) is 0 Å². The van der Waals surface area contributed by atoms with Gasteiger partial charge in [-0.2, -0.15) is 0 Å². The standard InChI is InChI=1S/C12H22N2O/c15-12(8-10-3-4-10)14-7-5-11-2-1-6-13-9-11/h10-11,13H,1-9H2,(H,14,15). The molecule has 0 aromatic rings. The highest BCUT2D eigenvalue weighted by Crippen LogP contribution is 2.32. The second-order valence-electron chi connectivity index (χ2n) is 5.00. The molecule has 0 radical (unpaired) electrons. The molecule has 2 N–H and O–H groups in total. The first-order valence-corrected chi connectivity index (χ1v) is 6.32. The molecule has 1 amide bonds. The normalized spacial score (nSPS) is 26.3. The molecule has 15 heavy (non-hydrogen) atoms. The first-order chi connectivity index (χ1) is 7.34. The van der Waals surface area contributed by atoms with E-state index in [0.29, 0.717) is 5.92 Å². The third-order valence-corrected chi connectivity index (χ3v) is 3.44. The van der Waals surface area contributed by atoms with E-state index in [0.717, 1.165) is 31.8 Å². The van der Waals surface area contributed by atoms with Crippen LogP contribution in [0.3, 0.4) is 0 Å². The Labute approximate surface area is 92.0 Å². The molecule has 0 spiro atoms. The molecule has 2 rings (SSSR count). The lowest BCUT2D eigenvalue weighted by Crippen LogP contribution is -2.33. The van der Waals surface area contributed by atoms with E-state index >= 15 is 0 Å². The van der Waals surface area contributed by atoms with Gasteiger partial charge in [-0.15, -0.1) is 0 Å². The van der Waals surface area contributed by atoms with Gasteiger partial charge in [-0.3, -0.25) is 4.79 Å². The number of hydrogen-bond donors (Lipinski definition) is 2. The first-order valence-electron chi connectivity index (χ1n) is 6.32. The van der Waals surface area contributed by atoms with Gasteiger partial charge in [0.25, 0.3) is 0 Å². The Morgan fingerprint density at radius 3 is 2.80 bits per heavy atom. The minimum atomic E-state index is 0.265. The van der Waals surface area contributed by atoms with Gasteiger partial charge in [0.15, 0.2) is 0 Å². The van der Waals surface area contributed by atoms with Crippen LogP contribution in [0.1, 0.15) is 38.5 Å². The van der Waals surface area contributed by atoms with E-state index in [-0.39, 0.29) is 5.91 Å². The zero-order chi connectivity index (χ0) is 10.5. The smallest absolute Gasteiger partial charge is 0.220 e. The number of hydrogen-bond acceptors (Lipinski definition) is 2. The van der Waals surface area contributed by atoms with Crippen LogP contribution in [-0.2, 0) is 4.79 Å². The van der Waals surface area contributed by atoms with Gasteiger partial charge < -0.3 is 10.6 Å². The van der Waals surface area contributed by atoms with Gasteiger partial charge >= 0.3 is 0 Å². The lowest BCUT2D eigenvalue weighted by atomic mass is 9.96. The average Bonchev–Trinajstić information content (AvgIpc) is 3.03. The van der Waals surface area contributed by atoms with Crippen molar-refractivity contribution in [1.29, 1.82) is 0 Å². The molecule has 1 unspecified atom stereocenters. The molecular formula is C12H22N2O. The van der Waals surface area contributed by atoms with Crippen LogP contribution in [0.15, 0.2) is 0 Å². The molecule has 1 heterocycles. The Bertz CT molecular complexity index is 208. The van der Waals surface area contributed by atoms with Crippen molar-refractivity contribution in [3.63, 3.8) is 0 Å². The number of piperidine rings is 1. The molecule has 0 aromatic carbocycles. The fourth-order valence-electron chi connectivity index (χ4n) is 2.24. The van der Waals surface area contributed by atoms with E-state index in [1.165, 1.54) is 32.2 Å². The van der Waals surface area contributed by atoms with Gasteiger partial charge in [-0.1, -0.05) is 0 Å². The predicted molar refractivity (Wildman–Crippen MR) is 60.6 cm³/mol. The lowest BCUT2D eigenvalue weighted by molar-refractivity contribution is -0.121. The maximum atomic E-state index is 11.4. The second-order valence-corrected chi connectivity index (χ2v) is 5.00. The average molecular weight is 210 g/mol. The second kappa shape index (κ2) is 5.50. The molecule has 3 heteroatoms. The van der Waals surface area contributed by atoms with Crippen molar-refractivity contribution in [3.8, 4) is 0 Å². The fourth-order valence-corrected chi connectivity index (χ4v) is 2.24. The zero-order valence-corrected chi connectivity index (χ0v) is 9.43. The Hall–Kier alpha value is -0.570. The highest BCUT2D eigenvalue weighted by atomic mass is 16.1. The number of carbonyl (C=O) groups excluding carboxylic acids is 1. The minimum absolute atomic E-state index is 0.265. The van der Waals surface area contributed by atoms with Crippen LogP contribution in [0.4, 0.5) is 0 Å². The molecule has 0 bridgehead atoms. The number of amides is 1. The molecule has 1 saturated carbocycles. The molecule has 1 aliphatic heterocycles. The van der Waals surface area contributed by atoms with E-state index in [1.54, 1.807) is 0 Å². The molecule has 1 aliphatic carbocycles. The van der Waals surface area contributed by atoms with Crippen molar-refractivity contribution in [2.75, 3.05) is 19.6 Å². The van der Waals surface area contributed by atoms with Crippen molar-refractivity contribution in [2.24, 2.45) is 11.8 Å². The van der Waals surface area contributed by atoms with Crippen LogP contribution >= 0.6 is 0 Å². The summed E-state index contributed by atoms with van der Waals surface area (Å²) in [4.78, 5) is 11.4. The number of carbonyl (C=O) groups is 1. The molecule has 2 aliphatic rings. The summed E-state index contributed by atoms with van der Waals surface area (Å²) < 4.78 is 0. The lowest BCUT2D eigenvalue weighted by Gasteiger charge is -2.22. The quantitative estimate of drug-likeness (QED) is 0.718. The van der Waals surface area contributed by atoms with Crippen molar-refractivity contribution in [3.05, 3.63) is 0 Å². The molecule has 1 atom stereocenters. The molecule has 1 saturated heterocycles. The summed E-state index contributed by atoms with van der Waals surface area (Å²) in [7, 11) is 0. The number of rotatable bonds is 5. The SMILES string of the molecule is O=C(CC1CC1)NCCC1CCCNC1. The molecule has 86 valence electrons. The van der Waals surface area contributed by atoms with Gasteiger partial charge in [-0.05, 0) is 57.0 Å². The summed E-state index contributed by atoms with van der Waals surface area (Å²) >= 11 is 0. The monoisotopic (exact) mass is 210 g/mol. The predicted octanol–water partition coefficient (Wildman–Crippen LogP) is 1.29. The summed E-state index contributed by atoms with van der Waals surface area (Å²) in [6, 6.07) is 0. The number of nitrogens with one attached hydrogen (secondary N) is 2. The van der Waals surface area contributed by atoms with Gasteiger partial charge in [0.2, 0.25) is 5.91 Å². The van der Waals surface area contributed by atoms with E-state index in [4.69, 9.17) is 0 Å².